The molecule has 188 valence electrons. The highest BCUT2D eigenvalue weighted by atomic mass is 16.2. The SMILES string of the molecule is CC(=O)c1cccc(NC(=O)[C@H](C)Nc2nc(Nc3ccc(C)cc3)nc(Nc3ccc(C)cc3)n2)c1. The van der Waals surface area contributed by atoms with Crippen molar-refractivity contribution < 1.29 is 9.59 Å². The molecule has 9 nitrogen and oxygen atoms in total. The second-order valence-corrected chi connectivity index (χ2v) is 8.78. The molecule has 4 rings (SSSR count). The Morgan fingerprint density at radius 3 is 1.73 bits per heavy atom. The van der Waals surface area contributed by atoms with Crippen LogP contribution >= 0.6 is 0 Å². The molecule has 0 aliphatic heterocycles. The molecule has 3 aromatic carbocycles. The van der Waals surface area contributed by atoms with Crippen LogP contribution < -0.4 is 21.3 Å². The van der Waals surface area contributed by atoms with E-state index in [2.05, 4.69) is 36.2 Å². The van der Waals surface area contributed by atoms with Crippen molar-refractivity contribution in [2.45, 2.75) is 33.7 Å². The summed E-state index contributed by atoms with van der Waals surface area (Å²) in [6.07, 6.45) is 0. The number of amides is 1. The largest absolute Gasteiger partial charge is 0.342 e. The van der Waals surface area contributed by atoms with E-state index >= 15 is 0 Å². The zero-order valence-electron chi connectivity index (χ0n) is 21.2. The van der Waals surface area contributed by atoms with Crippen molar-refractivity contribution in [2.75, 3.05) is 21.3 Å². The van der Waals surface area contributed by atoms with Crippen molar-refractivity contribution in [3.8, 4) is 0 Å². The van der Waals surface area contributed by atoms with Crippen LogP contribution in [-0.4, -0.2) is 32.7 Å². The maximum Gasteiger partial charge on any atom is 0.246 e. The fourth-order valence-corrected chi connectivity index (χ4v) is 3.41. The Labute approximate surface area is 215 Å². The molecule has 1 atom stereocenters. The molecule has 0 aliphatic carbocycles. The van der Waals surface area contributed by atoms with Crippen LogP contribution in [0.2, 0.25) is 0 Å². The van der Waals surface area contributed by atoms with Crippen LogP contribution in [-0.2, 0) is 4.79 Å². The first-order chi connectivity index (χ1) is 17.7. The molecule has 0 unspecified atom stereocenters. The first-order valence-corrected chi connectivity index (χ1v) is 11.9. The van der Waals surface area contributed by atoms with Crippen LogP contribution in [0.4, 0.5) is 34.9 Å². The van der Waals surface area contributed by atoms with Gasteiger partial charge in [-0.25, -0.2) is 0 Å². The zero-order valence-corrected chi connectivity index (χ0v) is 21.2. The van der Waals surface area contributed by atoms with Crippen LogP contribution in [0, 0.1) is 13.8 Å². The molecule has 4 N–H and O–H groups in total. The molecular formula is C28H29N7O2. The summed E-state index contributed by atoms with van der Waals surface area (Å²) in [5.41, 5.74) is 4.97. The summed E-state index contributed by atoms with van der Waals surface area (Å²) in [5, 5.41) is 12.3. The number of nitrogens with one attached hydrogen (secondary N) is 4. The minimum Gasteiger partial charge on any atom is -0.342 e. The predicted octanol–water partition coefficient (Wildman–Crippen LogP) is 5.62. The quantitative estimate of drug-likeness (QED) is 0.221. The van der Waals surface area contributed by atoms with Gasteiger partial charge in [0.2, 0.25) is 23.8 Å². The molecule has 0 radical (unpaired) electrons. The number of aryl methyl sites for hydroxylation is 2. The van der Waals surface area contributed by atoms with Gasteiger partial charge in [-0.3, -0.25) is 9.59 Å². The van der Waals surface area contributed by atoms with Gasteiger partial charge >= 0.3 is 0 Å². The van der Waals surface area contributed by atoms with Crippen molar-refractivity contribution in [3.63, 3.8) is 0 Å². The number of rotatable bonds is 9. The smallest absolute Gasteiger partial charge is 0.246 e. The van der Waals surface area contributed by atoms with E-state index in [0.717, 1.165) is 22.5 Å². The lowest BCUT2D eigenvalue weighted by atomic mass is 10.1. The average Bonchev–Trinajstić information content (AvgIpc) is 2.87. The Bertz CT molecular complexity index is 1340. The van der Waals surface area contributed by atoms with Crippen molar-refractivity contribution in [1.82, 2.24) is 15.0 Å². The molecule has 1 heterocycles. The summed E-state index contributed by atoms with van der Waals surface area (Å²) in [6.45, 7) is 7.22. The van der Waals surface area contributed by atoms with E-state index < -0.39 is 6.04 Å². The van der Waals surface area contributed by atoms with E-state index in [-0.39, 0.29) is 17.6 Å². The molecule has 0 saturated carbocycles. The molecule has 4 aromatic rings. The van der Waals surface area contributed by atoms with Gasteiger partial charge < -0.3 is 21.3 Å². The van der Waals surface area contributed by atoms with Gasteiger partial charge in [-0.15, -0.1) is 0 Å². The molecule has 0 bridgehead atoms. The highest BCUT2D eigenvalue weighted by Gasteiger charge is 2.17. The standard InChI is InChI=1S/C28H29N7O2/c1-17-8-12-22(13-9-17)31-27-33-26(34-28(35-27)32-23-14-10-18(2)11-15-23)29-19(3)25(37)30-24-7-5-6-21(16-24)20(4)36/h5-16,19H,1-4H3,(H,30,37)(H3,29,31,32,33,34,35)/t19-/m0/s1. The molecule has 0 fully saturated rings. The first-order valence-electron chi connectivity index (χ1n) is 11.9. The average molecular weight is 496 g/mol. The summed E-state index contributed by atoms with van der Waals surface area (Å²) in [5.74, 6) is 0.478. The molecular weight excluding hydrogens is 466 g/mol. The topological polar surface area (TPSA) is 121 Å². The molecule has 0 aliphatic rings. The van der Waals surface area contributed by atoms with Gasteiger partial charge in [0.15, 0.2) is 5.78 Å². The number of aromatic nitrogens is 3. The van der Waals surface area contributed by atoms with Crippen LogP contribution in [0.25, 0.3) is 0 Å². The predicted molar refractivity (Wildman–Crippen MR) is 147 cm³/mol. The number of nitrogens with zero attached hydrogens (tertiary/aromatic N) is 3. The van der Waals surface area contributed by atoms with E-state index in [9.17, 15) is 9.59 Å². The fraction of sp³-hybridized carbons (Fsp3) is 0.179. The van der Waals surface area contributed by atoms with Crippen LogP contribution in [0.15, 0.2) is 72.8 Å². The molecule has 0 spiro atoms. The van der Waals surface area contributed by atoms with E-state index in [1.54, 1.807) is 31.2 Å². The fourth-order valence-electron chi connectivity index (χ4n) is 3.41. The normalized spacial score (nSPS) is 11.4. The minimum atomic E-state index is -0.678. The number of benzene rings is 3. The highest BCUT2D eigenvalue weighted by molar-refractivity contribution is 5.99. The number of hydrogen-bond acceptors (Lipinski definition) is 8. The summed E-state index contributed by atoms with van der Waals surface area (Å²) in [7, 11) is 0. The Hall–Kier alpha value is -4.79. The number of hydrogen-bond donors (Lipinski definition) is 4. The van der Waals surface area contributed by atoms with Gasteiger partial charge in [0.25, 0.3) is 0 Å². The van der Waals surface area contributed by atoms with Crippen LogP contribution in [0.1, 0.15) is 35.3 Å². The second-order valence-electron chi connectivity index (χ2n) is 8.78. The lowest BCUT2D eigenvalue weighted by Crippen LogP contribution is -2.32. The molecule has 9 heteroatoms. The van der Waals surface area contributed by atoms with E-state index in [0.29, 0.717) is 23.1 Å². The van der Waals surface area contributed by atoms with Crippen molar-refractivity contribution >= 4 is 46.6 Å². The first kappa shape index (κ1) is 25.3. The van der Waals surface area contributed by atoms with Gasteiger partial charge in [-0.2, -0.15) is 15.0 Å². The third kappa shape index (κ3) is 7.11. The Morgan fingerprint density at radius 1 is 0.703 bits per heavy atom. The van der Waals surface area contributed by atoms with Crippen LogP contribution in [0.5, 0.6) is 0 Å². The van der Waals surface area contributed by atoms with Gasteiger partial charge in [-0.05, 0) is 64.1 Å². The molecule has 1 amide bonds. The summed E-state index contributed by atoms with van der Waals surface area (Å²) in [4.78, 5) is 37.9. The molecule has 37 heavy (non-hydrogen) atoms. The lowest BCUT2D eigenvalue weighted by Gasteiger charge is -2.16. The van der Waals surface area contributed by atoms with E-state index in [1.807, 2.05) is 62.4 Å². The van der Waals surface area contributed by atoms with Crippen molar-refractivity contribution in [1.29, 1.82) is 0 Å². The summed E-state index contributed by atoms with van der Waals surface area (Å²) >= 11 is 0. The van der Waals surface area contributed by atoms with Gasteiger partial charge in [0, 0.05) is 22.6 Å². The maximum atomic E-state index is 12.9. The lowest BCUT2D eigenvalue weighted by molar-refractivity contribution is -0.116. The van der Waals surface area contributed by atoms with E-state index in [4.69, 9.17) is 0 Å². The Kier molecular flexibility index (Phi) is 7.73. The number of ketones is 1. The van der Waals surface area contributed by atoms with Crippen molar-refractivity contribution in [2.24, 2.45) is 0 Å². The van der Waals surface area contributed by atoms with E-state index in [1.165, 1.54) is 6.92 Å². The van der Waals surface area contributed by atoms with Crippen LogP contribution in [0.3, 0.4) is 0 Å². The number of carbonyl (C=O) groups is 2. The summed E-state index contributed by atoms with van der Waals surface area (Å²) < 4.78 is 0. The van der Waals surface area contributed by atoms with Gasteiger partial charge in [0.05, 0.1) is 0 Å². The molecule has 0 saturated heterocycles. The Morgan fingerprint density at radius 2 is 1.22 bits per heavy atom. The molecule has 1 aromatic heterocycles. The van der Waals surface area contributed by atoms with Gasteiger partial charge in [-0.1, -0.05) is 47.5 Å². The Balaban J connectivity index is 1.54. The van der Waals surface area contributed by atoms with Gasteiger partial charge in [0.1, 0.15) is 6.04 Å². The maximum absolute atomic E-state index is 12.9. The van der Waals surface area contributed by atoms with Crippen molar-refractivity contribution in [3.05, 3.63) is 89.5 Å². The number of anilines is 6. The zero-order chi connectivity index (χ0) is 26.4. The number of Topliss-reactive ketones (excluding diaryl/α,β-unsaturated/α-hetero) is 1. The third-order valence-corrected chi connectivity index (χ3v) is 5.53. The number of carbonyl (C=O) groups excluding carboxylic acids is 2. The highest BCUT2D eigenvalue weighted by Crippen LogP contribution is 2.20. The minimum absolute atomic E-state index is 0.0744. The third-order valence-electron chi connectivity index (χ3n) is 5.53. The summed E-state index contributed by atoms with van der Waals surface area (Å²) in [6, 6.07) is 21.8. The monoisotopic (exact) mass is 495 g/mol. The second kappa shape index (κ2) is 11.3.